The van der Waals surface area contributed by atoms with Crippen molar-refractivity contribution < 1.29 is 9.53 Å². The van der Waals surface area contributed by atoms with Gasteiger partial charge in [-0.15, -0.1) is 5.10 Å². The molecule has 1 aliphatic heterocycles. The molecule has 4 rings (SSSR count). The quantitative estimate of drug-likeness (QED) is 0.322. The van der Waals surface area contributed by atoms with Gasteiger partial charge in [0.2, 0.25) is 11.1 Å². The van der Waals surface area contributed by atoms with Crippen molar-refractivity contribution in [1.82, 2.24) is 14.8 Å². The van der Waals surface area contributed by atoms with Crippen LogP contribution in [0.25, 0.3) is 0 Å². The summed E-state index contributed by atoms with van der Waals surface area (Å²) in [6, 6.07) is 17.0. The number of carbonyl (C=O) groups excluding carboxylic acids is 1. The molecule has 0 radical (unpaired) electrons. The first-order chi connectivity index (χ1) is 16.1. The van der Waals surface area contributed by atoms with Gasteiger partial charge >= 0.3 is 0 Å². The topological polar surface area (TPSA) is 81.1 Å². The molecule has 0 saturated carbocycles. The molecular weight excluding hydrogens is 434 g/mol. The zero-order chi connectivity index (χ0) is 23.2. The predicted molar refractivity (Wildman–Crippen MR) is 133 cm³/mol. The van der Waals surface area contributed by atoms with Gasteiger partial charge in [-0.3, -0.25) is 4.79 Å². The third-order valence-electron chi connectivity index (χ3n) is 5.36. The number of nitrogens with zero attached hydrogens (tertiary/aromatic N) is 3. The van der Waals surface area contributed by atoms with E-state index in [0.717, 1.165) is 29.9 Å². The second kappa shape index (κ2) is 10.6. The van der Waals surface area contributed by atoms with Gasteiger partial charge < -0.3 is 15.4 Å². The molecule has 2 N–H and O–H groups in total. The summed E-state index contributed by atoms with van der Waals surface area (Å²) in [6.45, 7) is 6.51. The Morgan fingerprint density at radius 3 is 2.67 bits per heavy atom. The predicted octanol–water partition coefficient (Wildman–Crippen LogP) is 5.50. The van der Waals surface area contributed by atoms with Crippen LogP contribution in [-0.2, 0) is 4.79 Å². The molecule has 1 aliphatic rings. The van der Waals surface area contributed by atoms with Crippen LogP contribution in [0.1, 0.15) is 45.2 Å². The molecule has 172 valence electrons. The number of ether oxygens (including phenoxy) is 1. The summed E-state index contributed by atoms with van der Waals surface area (Å²) < 4.78 is 7.51. The SMILES string of the molecule is CCCCSc1nc2n(n1)C(c1ccccc1)C(C(=O)Nc1ccccc1OCC)=C(C)N2. The molecule has 33 heavy (non-hydrogen) atoms. The van der Waals surface area contributed by atoms with Crippen molar-refractivity contribution in [2.24, 2.45) is 0 Å². The van der Waals surface area contributed by atoms with E-state index in [0.29, 0.717) is 34.7 Å². The van der Waals surface area contributed by atoms with Crippen LogP contribution >= 0.6 is 11.8 Å². The van der Waals surface area contributed by atoms with E-state index < -0.39 is 6.04 Å². The second-order valence-corrected chi connectivity index (χ2v) is 8.79. The van der Waals surface area contributed by atoms with Crippen LogP contribution in [0.4, 0.5) is 11.6 Å². The highest BCUT2D eigenvalue weighted by Crippen LogP contribution is 2.37. The third kappa shape index (κ3) is 5.06. The van der Waals surface area contributed by atoms with Gasteiger partial charge in [-0.2, -0.15) is 4.98 Å². The van der Waals surface area contributed by atoms with Crippen molar-refractivity contribution in [3.05, 3.63) is 71.4 Å². The maximum Gasteiger partial charge on any atom is 0.255 e. The average Bonchev–Trinajstić information content (AvgIpc) is 3.22. The van der Waals surface area contributed by atoms with Crippen molar-refractivity contribution in [2.45, 2.75) is 44.8 Å². The molecular formula is C25H29N5O2S. The van der Waals surface area contributed by atoms with Gasteiger partial charge in [-0.05, 0) is 38.0 Å². The normalized spacial score (nSPS) is 15.1. The van der Waals surface area contributed by atoms with Crippen molar-refractivity contribution >= 4 is 29.3 Å². The number of carbonyl (C=O) groups is 1. The number of anilines is 2. The van der Waals surface area contributed by atoms with E-state index in [4.69, 9.17) is 9.84 Å². The summed E-state index contributed by atoms with van der Waals surface area (Å²) in [4.78, 5) is 18.3. The van der Waals surface area contributed by atoms with Crippen LogP contribution in [0, 0.1) is 0 Å². The summed E-state index contributed by atoms with van der Waals surface area (Å²) in [7, 11) is 0. The number of thioether (sulfide) groups is 1. The molecule has 2 heterocycles. The molecule has 3 aromatic rings. The van der Waals surface area contributed by atoms with Gasteiger partial charge in [-0.25, -0.2) is 4.68 Å². The zero-order valence-corrected chi connectivity index (χ0v) is 20.0. The number of nitrogens with one attached hydrogen (secondary N) is 2. The molecule has 0 fully saturated rings. The Morgan fingerprint density at radius 1 is 1.15 bits per heavy atom. The average molecular weight is 464 g/mol. The molecule has 8 heteroatoms. The van der Waals surface area contributed by atoms with Gasteiger partial charge in [0.25, 0.3) is 5.91 Å². The third-order valence-corrected chi connectivity index (χ3v) is 6.28. The summed E-state index contributed by atoms with van der Waals surface area (Å²) in [6.07, 6.45) is 2.23. The molecule has 0 saturated heterocycles. The second-order valence-electron chi connectivity index (χ2n) is 7.72. The molecule has 1 atom stereocenters. The molecule has 0 bridgehead atoms. The number of rotatable bonds is 9. The Kier molecular flexibility index (Phi) is 7.34. The fourth-order valence-electron chi connectivity index (χ4n) is 3.78. The molecule has 1 unspecified atom stereocenters. The summed E-state index contributed by atoms with van der Waals surface area (Å²) in [5.74, 6) is 2.04. The number of amides is 1. The van der Waals surface area contributed by atoms with Crippen molar-refractivity contribution in [3.63, 3.8) is 0 Å². The van der Waals surface area contributed by atoms with Crippen LogP contribution in [0.15, 0.2) is 71.0 Å². The van der Waals surface area contributed by atoms with Crippen molar-refractivity contribution in [3.8, 4) is 5.75 Å². The fraction of sp³-hybridized carbons (Fsp3) is 0.320. The lowest BCUT2D eigenvalue weighted by Crippen LogP contribution is -2.31. The lowest BCUT2D eigenvalue weighted by molar-refractivity contribution is -0.113. The van der Waals surface area contributed by atoms with Gasteiger partial charge in [0.1, 0.15) is 11.8 Å². The van der Waals surface area contributed by atoms with E-state index in [1.54, 1.807) is 11.8 Å². The Labute approximate surface area is 198 Å². The summed E-state index contributed by atoms with van der Waals surface area (Å²) >= 11 is 1.64. The largest absolute Gasteiger partial charge is 0.492 e. The first-order valence-electron chi connectivity index (χ1n) is 11.3. The van der Waals surface area contributed by atoms with Gasteiger partial charge in [0.05, 0.1) is 17.9 Å². The minimum atomic E-state index is -0.394. The van der Waals surface area contributed by atoms with E-state index in [-0.39, 0.29) is 5.91 Å². The van der Waals surface area contributed by atoms with Crippen LogP contribution in [0.3, 0.4) is 0 Å². The molecule has 1 aromatic heterocycles. The monoisotopic (exact) mass is 463 g/mol. The number of hydrogen-bond donors (Lipinski definition) is 2. The number of para-hydroxylation sites is 2. The van der Waals surface area contributed by atoms with Gasteiger partial charge in [0.15, 0.2) is 0 Å². The lowest BCUT2D eigenvalue weighted by atomic mass is 9.95. The standard InChI is InChI=1S/C25H29N5O2S/c1-4-6-16-33-25-28-24-26-17(3)21(22(30(24)29-25)18-12-8-7-9-13-18)23(31)27-19-14-10-11-15-20(19)32-5-2/h7-15,22H,4-6,16H2,1-3H3,(H,27,31)(H,26,28,29). The molecule has 1 amide bonds. The minimum Gasteiger partial charge on any atom is -0.492 e. The van der Waals surface area contributed by atoms with E-state index in [2.05, 4.69) is 22.5 Å². The van der Waals surface area contributed by atoms with Gasteiger partial charge in [-0.1, -0.05) is 67.6 Å². The number of hydrogen-bond acceptors (Lipinski definition) is 6. The van der Waals surface area contributed by atoms with Crippen molar-refractivity contribution in [2.75, 3.05) is 23.0 Å². The number of unbranched alkanes of at least 4 members (excludes halogenated alkanes) is 1. The summed E-state index contributed by atoms with van der Waals surface area (Å²) in [5.41, 5.74) is 2.95. The highest BCUT2D eigenvalue weighted by atomic mass is 32.2. The number of benzene rings is 2. The van der Waals surface area contributed by atoms with Crippen LogP contribution in [0.5, 0.6) is 5.75 Å². The fourth-order valence-corrected chi connectivity index (χ4v) is 4.69. The number of fused-ring (bicyclic) bond motifs is 1. The minimum absolute atomic E-state index is 0.206. The van der Waals surface area contributed by atoms with Gasteiger partial charge in [0, 0.05) is 11.4 Å². The first kappa shape index (κ1) is 22.9. The number of allylic oxidation sites excluding steroid dienone is 1. The molecule has 0 spiro atoms. The smallest absolute Gasteiger partial charge is 0.255 e. The van der Waals surface area contributed by atoms with Crippen LogP contribution in [-0.4, -0.2) is 33.0 Å². The maximum atomic E-state index is 13.6. The van der Waals surface area contributed by atoms with E-state index in [9.17, 15) is 4.79 Å². The first-order valence-corrected chi connectivity index (χ1v) is 12.3. The van der Waals surface area contributed by atoms with Crippen molar-refractivity contribution in [1.29, 1.82) is 0 Å². The van der Waals surface area contributed by atoms with Crippen LogP contribution < -0.4 is 15.4 Å². The summed E-state index contributed by atoms with van der Waals surface area (Å²) in [5, 5.41) is 11.8. The molecule has 0 aliphatic carbocycles. The van der Waals surface area contributed by atoms with E-state index in [1.807, 2.05) is 73.1 Å². The zero-order valence-electron chi connectivity index (χ0n) is 19.2. The Hall–Kier alpha value is -3.26. The Morgan fingerprint density at radius 2 is 1.91 bits per heavy atom. The van der Waals surface area contributed by atoms with E-state index in [1.165, 1.54) is 0 Å². The Balaban J connectivity index is 1.70. The molecule has 2 aromatic carbocycles. The molecule has 7 nitrogen and oxygen atoms in total. The maximum absolute atomic E-state index is 13.6. The van der Waals surface area contributed by atoms with Crippen LogP contribution in [0.2, 0.25) is 0 Å². The Bertz CT molecular complexity index is 1140. The highest BCUT2D eigenvalue weighted by Gasteiger charge is 2.34. The lowest BCUT2D eigenvalue weighted by Gasteiger charge is -2.28. The highest BCUT2D eigenvalue weighted by molar-refractivity contribution is 7.99. The number of aromatic nitrogens is 3. The van der Waals surface area contributed by atoms with E-state index >= 15 is 0 Å².